The van der Waals surface area contributed by atoms with Gasteiger partial charge in [0, 0.05) is 17.0 Å². The van der Waals surface area contributed by atoms with Gasteiger partial charge in [0.25, 0.3) is 0 Å². The van der Waals surface area contributed by atoms with E-state index in [9.17, 15) is 4.79 Å². The lowest BCUT2D eigenvalue weighted by molar-refractivity contribution is -0.115. The van der Waals surface area contributed by atoms with Crippen LogP contribution in [0.1, 0.15) is 5.56 Å². The molecule has 0 aliphatic carbocycles. The number of hydrogen-bond donors (Lipinski definition) is 1. The summed E-state index contributed by atoms with van der Waals surface area (Å²) in [5, 5.41) is 5.27. The number of carbonyl (C=O) groups is 1. The molecule has 0 unspecified atom stereocenters. The summed E-state index contributed by atoms with van der Waals surface area (Å²) in [5.41, 5.74) is 2.48. The number of methoxy groups -OCH3 is 3. The maximum atomic E-state index is 12.3. The predicted molar refractivity (Wildman–Crippen MR) is 106 cm³/mol. The zero-order valence-electron chi connectivity index (χ0n) is 15.3. The molecule has 0 aliphatic heterocycles. The summed E-state index contributed by atoms with van der Waals surface area (Å²) in [7, 11) is 4.81. The molecule has 2 aromatic carbocycles. The highest BCUT2D eigenvalue weighted by Crippen LogP contribution is 2.34. The second-order valence-electron chi connectivity index (χ2n) is 5.68. The molecule has 7 heteroatoms. The third-order valence-electron chi connectivity index (χ3n) is 3.96. The first kappa shape index (κ1) is 18.7. The molecule has 1 amide bonds. The van der Waals surface area contributed by atoms with Crippen molar-refractivity contribution < 1.29 is 19.0 Å². The number of benzene rings is 2. The first-order valence-corrected chi connectivity index (χ1v) is 9.11. The van der Waals surface area contributed by atoms with E-state index in [4.69, 9.17) is 14.2 Å². The smallest absolute Gasteiger partial charge is 0.230 e. The van der Waals surface area contributed by atoms with Gasteiger partial charge in [0.1, 0.15) is 17.2 Å². The number of nitrogens with one attached hydrogen (secondary N) is 1. The molecule has 3 rings (SSSR count). The monoisotopic (exact) mass is 384 g/mol. The lowest BCUT2D eigenvalue weighted by Gasteiger charge is -2.08. The number of amides is 1. The summed E-state index contributed by atoms with van der Waals surface area (Å²) in [4.78, 5) is 16.8. The largest absolute Gasteiger partial charge is 0.497 e. The van der Waals surface area contributed by atoms with Crippen molar-refractivity contribution in [2.24, 2.45) is 0 Å². The first-order chi connectivity index (χ1) is 13.1. The number of anilines is 1. The highest BCUT2D eigenvalue weighted by molar-refractivity contribution is 7.14. The van der Waals surface area contributed by atoms with Gasteiger partial charge < -0.3 is 19.5 Å². The molecule has 0 fully saturated rings. The van der Waals surface area contributed by atoms with Gasteiger partial charge in [-0.3, -0.25) is 4.79 Å². The first-order valence-electron chi connectivity index (χ1n) is 8.23. The molecule has 1 N–H and O–H groups in total. The highest BCUT2D eigenvalue weighted by Gasteiger charge is 2.13. The minimum absolute atomic E-state index is 0.122. The molecule has 1 aromatic heterocycles. The van der Waals surface area contributed by atoms with Crippen LogP contribution in [0, 0.1) is 0 Å². The Hall–Kier alpha value is -3.06. The summed E-state index contributed by atoms with van der Waals surface area (Å²) < 4.78 is 15.8. The SMILES string of the molecule is COc1ccc(CC(=O)Nc2nc(-c3ccc(OC)cc3OC)cs2)cc1. The molecule has 27 heavy (non-hydrogen) atoms. The molecule has 0 bridgehead atoms. The third-order valence-corrected chi connectivity index (χ3v) is 4.72. The molecule has 0 saturated heterocycles. The fourth-order valence-corrected chi connectivity index (χ4v) is 3.28. The van der Waals surface area contributed by atoms with Crippen LogP contribution in [-0.2, 0) is 11.2 Å². The number of ether oxygens (including phenoxy) is 3. The lowest BCUT2D eigenvalue weighted by Crippen LogP contribution is -2.14. The van der Waals surface area contributed by atoms with Gasteiger partial charge in [0.15, 0.2) is 5.13 Å². The summed E-state index contributed by atoms with van der Waals surface area (Å²) in [5.74, 6) is 2.01. The van der Waals surface area contributed by atoms with Crippen LogP contribution < -0.4 is 19.5 Å². The fraction of sp³-hybridized carbons (Fsp3) is 0.200. The van der Waals surface area contributed by atoms with Gasteiger partial charge in [-0.05, 0) is 29.8 Å². The molecular formula is C20H20N2O4S. The van der Waals surface area contributed by atoms with E-state index in [2.05, 4.69) is 10.3 Å². The zero-order chi connectivity index (χ0) is 19.2. The van der Waals surface area contributed by atoms with Crippen LogP contribution in [0.5, 0.6) is 17.2 Å². The molecule has 0 saturated carbocycles. The zero-order valence-corrected chi connectivity index (χ0v) is 16.1. The highest BCUT2D eigenvalue weighted by atomic mass is 32.1. The Labute approximate surface area is 161 Å². The maximum Gasteiger partial charge on any atom is 0.230 e. The van der Waals surface area contributed by atoms with E-state index in [1.54, 1.807) is 27.4 Å². The number of rotatable bonds is 7. The van der Waals surface area contributed by atoms with Crippen LogP contribution in [0.25, 0.3) is 11.3 Å². The number of aromatic nitrogens is 1. The number of hydrogen-bond acceptors (Lipinski definition) is 6. The third kappa shape index (κ3) is 4.57. The molecule has 3 aromatic rings. The maximum absolute atomic E-state index is 12.3. The van der Waals surface area contributed by atoms with Crippen LogP contribution in [0.3, 0.4) is 0 Å². The Kier molecular flexibility index (Phi) is 5.93. The van der Waals surface area contributed by atoms with Crippen LogP contribution in [0.2, 0.25) is 0 Å². The van der Waals surface area contributed by atoms with Gasteiger partial charge in [0.05, 0.1) is 33.4 Å². The Morgan fingerprint density at radius 3 is 2.37 bits per heavy atom. The van der Waals surface area contributed by atoms with Gasteiger partial charge in [0.2, 0.25) is 5.91 Å². The van der Waals surface area contributed by atoms with Gasteiger partial charge in [-0.25, -0.2) is 4.98 Å². The van der Waals surface area contributed by atoms with Gasteiger partial charge in [-0.15, -0.1) is 11.3 Å². The predicted octanol–water partition coefficient (Wildman–Crippen LogP) is 4.02. The topological polar surface area (TPSA) is 69.7 Å². The fourth-order valence-electron chi connectivity index (χ4n) is 2.56. The lowest BCUT2D eigenvalue weighted by atomic mass is 10.1. The van der Waals surface area contributed by atoms with Crippen LogP contribution in [0.4, 0.5) is 5.13 Å². The summed E-state index contributed by atoms with van der Waals surface area (Å²) in [6.07, 6.45) is 0.269. The average molecular weight is 384 g/mol. The van der Waals surface area contributed by atoms with Crippen molar-refractivity contribution in [3.05, 3.63) is 53.4 Å². The van der Waals surface area contributed by atoms with Gasteiger partial charge in [-0.2, -0.15) is 0 Å². The number of thiazole rings is 1. The molecule has 0 radical (unpaired) electrons. The van der Waals surface area contributed by atoms with E-state index >= 15 is 0 Å². The van der Waals surface area contributed by atoms with Gasteiger partial charge >= 0.3 is 0 Å². The molecular weight excluding hydrogens is 364 g/mol. The van der Waals surface area contributed by atoms with Crippen molar-refractivity contribution in [2.75, 3.05) is 26.6 Å². The van der Waals surface area contributed by atoms with E-state index in [1.807, 2.05) is 41.8 Å². The summed E-state index contributed by atoms with van der Waals surface area (Å²) in [6, 6.07) is 12.9. The average Bonchev–Trinajstić information content (AvgIpc) is 3.16. The van der Waals surface area contributed by atoms with Crippen molar-refractivity contribution >= 4 is 22.4 Å². The van der Waals surface area contributed by atoms with Gasteiger partial charge in [-0.1, -0.05) is 12.1 Å². The van der Waals surface area contributed by atoms with E-state index in [-0.39, 0.29) is 12.3 Å². The minimum Gasteiger partial charge on any atom is -0.497 e. The van der Waals surface area contributed by atoms with Crippen LogP contribution in [0.15, 0.2) is 47.8 Å². The standard InChI is InChI=1S/C20H20N2O4S/c1-24-14-6-4-13(5-7-14)10-19(23)22-20-21-17(12-27-20)16-9-8-15(25-2)11-18(16)26-3/h4-9,11-12H,10H2,1-3H3,(H,21,22,23). The van der Waals surface area contributed by atoms with Crippen molar-refractivity contribution in [1.29, 1.82) is 0 Å². The molecule has 140 valence electrons. The molecule has 1 heterocycles. The van der Waals surface area contributed by atoms with E-state index < -0.39 is 0 Å². The van der Waals surface area contributed by atoms with Crippen LogP contribution in [-0.4, -0.2) is 32.2 Å². The van der Waals surface area contributed by atoms with Crippen molar-refractivity contribution in [3.63, 3.8) is 0 Å². The molecule has 0 atom stereocenters. The number of nitrogens with zero attached hydrogens (tertiary/aromatic N) is 1. The second kappa shape index (κ2) is 8.55. The Balaban J connectivity index is 1.69. The summed E-state index contributed by atoms with van der Waals surface area (Å²) in [6.45, 7) is 0. The van der Waals surface area contributed by atoms with Crippen molar-refractivity contribution in [2.45, 2.75) is 6.42 Å². The molecule has 0 aliphatic rings. The Morgan fingerprint density at radius 1 is 1.00 bits per heavy atom. The van der Waals surface area contributed by atoms with E-state index in [1.165, 1.54) is 11.3 Å². The van der Waals surface area contributed by atoms with E-state index in [0.717, 1.165) is 22.6 Å². The Bertz CT molecular complexity index is 922. The number of carbonyl (C=O) groups excluding carboxylic acids is 1. The van der Waals surface area contributed by atoms with E-state index in [0.29, 0.717) is 16.6 Å². The molecule has 6 nitrogen and oxygen atoms in total. The normalized spacial score (nSPS) is 10.3. The Morgan fingerprint density at radius 2 is 1.70 bits per heavy atom. The minimum atomic E-state index is -0.122. The molecule has 0 spiro atoms. The second-order valence-corrected chi connectivity index (χ2v) is 6.54. The summed E-state index contributed by atoms with van der Waals surface area (Å²) >= 11 is 1.37. The van der Waals surface area contributed by atoms with Crippen molar-refractivity contribution in [1.82, 2.24) is 4.98 Å². The quantitative estimate of drug-likeness (QED) is 0.666. The van der Waals surface area contributed by atoms with Crippen LogP contribution >= 0.6 is 11.3 Å². The van der Waals surface area contributed by atoms with Crippen molar-refractivity contribution in [3.8, 4) is 28.5 Å².